The summed E-state index contributed by atoms with van der Waals surface area (Å²) in [6, 6.07) is -0.336. The number of amides is 2. The smallest absolute Gasteiger partial charge is 0.323 e. The number of carboxylic acids is 1. The predicted molar refractivity (Wildman–Crippen MR) is 48.0 cm³/mol. The van der Waals surface area contributed by atoms with Crippen LogP contribution in [-0.2, 0) is 9.53 Å². The van der Waals surface area contributed by atoms with E-state index in [0.29, 0.717) is 13.2 Å². The van der Waals surface area contributed by atoms with Crippen LogP contribution in [0.4, 0.5) is 4.79 Å². The number of hydrogen-bond donors (Lipinski definition) is 3. The summed E-state index contributed by atoms with van der Waals surface area (Å²) < 4.78 is 5.11. The molecule has 0 radical (unpaired) electrons. The molecule has 0 spiro atoms. The zero-order valence-corrected chi connectivity index (χ0v) is 7.78. The average molecular weight is 202 g/mol. The number of carbonyl (C=O) groups is 2. The van der Waals surface area contributed by atoms with Crippen LogP contribution in [0.15, 0.2) is 0 Å². The van der Waals surface area contributed by atoms with Crippen LogP contribution in [0.1, 0.15) is 12.8 Å². The van der Waals surface area contributed by atoms with Gasteiger partial charge in [-0.2, -0.15) is 0 Å². The Morgan fingerprint density at radius 3 is 2.57 bits per heavy atom. The number of ether oxygens (including phenoxy) is 1. The van der Waals surface area contributed by atoms with E-state index in [9.17, 15) is 9.59 Å². The second-order valence-corrected chi connectivity index (χ2v) is 3.11. The minimum Gasteiger partial charge on any atom is -0.480 e. The van der Waals surface area contributed by atoms with Crippen LogP contribution in [0.2, 0.25) is 0 Å². The van der Waals surface area contributed by atoms with E-state index in [0.717, 1.165) is 12.8 Å². The SMILES string of the molecule is O=C(O)CNC(=O)NC1CCOCC1. The Labute approximate surface area is 81.6 Å². The van der Waals surface area contributed by atoms with E-state index >= 15 is 0 Å². The van der Waals surface area contributed by atoms with Crippen molar-refractivity contribution in [1.29, 1.82) is 0 Å². The number of hydrogen-bond acceptors (Lipinski definition) is 3. The topological polar surface area (TPSA) is 87.7 Å². The summed E-state index contributed by atoms with van der Waals surface area (Å²) in [6.45, 7) is 0.933. The molecule has 6 heteroatoms. The Balaban J connectivity index is 2.15. The molecule has 1 heterocycles. The van der Waals surface area contributed by atoms with Crippen LogP contribution >= 0.6 is 0 Å². The number of urea groups is 1. The van der Waals surface area contributed by atoms with Gasteiger partial charge < -0.3 is 20.5 Å². The summed E-state index contributed by atoms with van der Waals surface area (Å²) >= 11 is 0. The maximum Gasteiger partial charge on any atom is 0.323 e. The first-order chi connectivity index (χ1) is 6.68. The van der Waals surface area contributed by atoms with E-state index in [4.69, 9.17) is 9.84 Å². The fourth-order valence-corrected chi connectivity index (χ4v) is 1.23. The fourth-order valence-electron chi connectivity index (χ4n) is 1.23. The molecule has 80 valence electrons. The van der Waals surface area contributed by atoms with Gasteiger partial charge in [0.15, 0.2) is 0 Å². The molecule has 0 aliphatic carbocycles. The van der Waals surface area contributed by atoms with Crippen molar-refractivity contribution in [1.82, 2.24) is 10.6 Å². The van der Waals surface area contributed by atoms with Crippen molar-refractivity contribution in [2.45, 2.75) is 18.9 Å². The number of rotatable bonds is 3. The highest BCUT2D eigenvalue weighted by Crippen LogP contribution is 2.05. The van der Waals surface area contributed by atoms with Crippen LogP contribution in [0.5, 0.6) is 0 Å². The highest BCUT2D eigenvalue weighted by atomic mass is 16.5. The third-order valence-corrected chi connectivity index (χ3v) is 1.96. The van der Waals surface area contributed by atoms with Crippen LogP contribution in [0, 0.1) is 0 Å². The first-order valence-corrected chi connectivity index (χ1v) is 4.52. The highest BCUT2D eigenvalue weighted by Gasteiger charge is 2.15. The van der Waals surface area contributed by atoms with E-state index in [2.05, 4.69) is 10.6 Å². The van der Waals surface area contributed by atoms with Crippen molar-refractivity contribution >= 4 is 12.0 Å². The third kappa shape index (κ3) is 4.08. The van der Waals surface area contributed by atoms with Crippen LogP contribution in [-0.4, -0.2) is 42.9 Å². The summed E-state index contributed by atoms with van der Waals surface area (Å²) in [5.41, 5.74) is 0. The van der Waals surface area contributed by atoms with Gasteiger partial charge >= 0.3 is 12.0 Å². The van der Waals surface area contributed by atoms with Crippen molar-refractivity contribution in [2.24, 2.45) is 0 Å². The van der Waals surface area contributed by atoms with Gasteiger partial charge in [-0.15, -0.1) is 0 Å². The first-order valence-electron chi connectivity index (χ1n) is 4.52. The molecule has 14 heavy (non-hydrogen) atoms. The lowest BCUT2D eigenvalue weighted by molar-refractivity contribution is -0.135. The number of aliphatic carboxylic acids is 1. The van der Waals surface area contributed by atoms with Crippen molar-refractivity contribution in [3.63, 3.8) is 0 Å². The van der Waals surface area contributed by atoms with Crippen molar-refractivity contribution < 1.29 is 19.4 Å². The van der Waals surface area contributed by atoms with Crippen LogP contribution in [0.25, 0.3) is 0 Å². The molecular weight excluding hydrogens is 188 g/mol. The van der Waals surface area contributed by atoms with E-state index in [-0.39, 0.29) is 12.6 Å². The van der Waals surface area contributed by atoms with Crippen LogP contribution in [0.3, 0.4) is 0 Å². The monoisotopic (exact) mass is 202 g/mol. The maximum absolute atomic E-state index is 11.1. The van der Waals surface area contributed by atoms with Gasteiger partial charge in [0.25, 0.3) is 0 Å². The van der Waals surface area contributed by atoms with E-state index in [1.807, 2.05) is 0 Å². The molecule has 1 aliphatic heterocycles. The lowest BCUT2D eigenvalue weighted by Gasteiger charge is -2.22. The molecule has 0 unspecified atom stereocenters. The Morgan fingerprint density at radius 1 is 1.36 bits per heavy atom. The summed E-state index contributed by atoms with van der Waals surface area (Å²) in [5, 5.41) is 13.2. The van der Waals surface area contributed by atoms with Crippen molar-refractivity contribution in [2.75, 3.05) is 19.8 Å². The maximum atomic E-state index is 11.1. The standard InChI is InChI=1S/C8H14N2O4/c11-7(12)5-9-8(13)10-6-1-3-14-4-2-6/h6H,1-5H2,(H,11,12)(H2,9,10,13). The molecule has 1 rings (SSSR count). The van der Waals surface area contributed by atoms with Gasteiger partial charge in [0, 0.05) is 19.3 Å². The van der Waals surface area contributed by atoms with Gasteiger partial charge in [0.2, 0.25) is 0 Å². The molecule has 1 aliphatic rings. The molecule has 0 saturated carbocycles. The molecule has 3 N–H and O–H groups in total. The van der Waals surface area contributed by atoms with Gasteiger partial charge in [-0.25, -0.2) is 4.79 Å². The number of carboxylic acid groups (broad SMARTS) is 1. The molecule has 0 aromatic carbocycles. The number of nitrogens with one attached hydrogen (secondary N) is 2. The Hall–Kier alpha value is -1.30. The summed E-state index contributed by atoms with van der Waals surface area (Å²) in [5.74, 6) is -1.05. The molecule has 0 atom stereocenters. The summed E-state index contributed by atoms with van der Waals surface area (Å²) in [7, 11) is 0. The first kappa shape index (κ1) is 10.8. The lowest BCUT2D eigenvalue weighted by Crippen LogP contribution is -2.45. The Bertz CT molecular complexity index is 213. The van der Waals surface area contributed by atoms with E-state index in [1.165, 1.54) is 0 Å². The molecule has 2 amide bonds. The zero-order chi connectivity index (χ0) is 10.4. The molecule has 6 nitrogen and oxygen atoms in total. The molecule has 0 bridgehead atoms. The van der Waals surface area contributed by atoms with Crippen molar-refractivity contribution in [3.8, 4) is 0 Å². The minimum atomic E-state index is -1.05. The molecule has 0 aromatic heterocycles. The summed E-state index contributed by atoms with van der Waals surface area (Å²) in [6.07, 6.45) is 1.56. The Morgan fingerprint density at radius 2 is 2.00 bits per heavy atom. The van der Waals surface area contributed by atoms with Gasteiger partial charge in [-0.05, 0) is 12.8 Å². The number of carbonyl (C=O) groups excluding carboxylic acids is 1. The van der Waals surface area contributed by atoms with Crippen molar-refractivity contribution in [3.05, 3.63) is 0 Å². The normalized spacial score (nSPS) is 17.4. The molecule has 1 saturated heterocycles. The quantitative estimate of drug-likeness (QED) is 0.578. The lowest BCUT2D eigenvalue weighted by atomic mass is 10.1. The predicted octanol–water partition coefficient (Wildman–Crippen LogP) is -0.451. The molecule has 0 aromatic rings. The summed E-state index contributed by atoms with van der Waals surface area (Å²) in [4.78, 5) is 21.2. The zero-order valence-electron chi connectivity index (χ0n) is 7.78. The second kappa shape index (κ2) is 5.43. The fraction of sp³-hybridized carbons (Fsp3) is 0.750. The minimum absolute atomic E-state index is 0.0949. The van der Waals surface area contributed by atoms with Gasteiger partial charge in [0.05, 0.1) is 0 Å². The van der Waals surface area contributed by atoms with Gasteiger partial charge in [-0.3, -0.25) is 4.79 Å². The average Bonchev–Trinajstić information content (AvgIpc) is 2.16. The second-order valence-electron chi connectivity index (χ2n) is 3.11. The van der Waals surface area contributed by atoms with E-state index < -0.39 is 12.0 Å². The third-order valence-electron chi connectivity index (χ3n) is 1.96. The van der Waals surface area contributed by atoms with E-state index in [1.54, 1.807) is 0 Å². The Kier molecular flexibility index (Phi) is 4.18. The van der Waals surface area contributed by atoms with Gasteiger partial charge in [0.1, 0.15) is 6.54 Å². The van der Waals surface area contributed by atoms with Gasteiger partial charge in [-0.1, -0.05) is 0 Å². The molecule has 1 fully saturated rings. The largest absolute Gasteiger partial charge is 0.480 e. The highest BCUT2D eigenvalue weighted by molar-refractivity contribution is 5.79. The molecular formula is C8H14N2O4. The van der Waals surface area contributed by atoms with Crippen LogP contribution < -0.4 is 10.6 Å².